The molecule has 0 amide bonds. The second kappa shape index (κ2) is 2.90. The van der Waals surface area contributed by atoms with Gasteiger partial charge in [0.1, 0.15) is 0 Å². The van der Waals surface area contributed by atoms with Gasteiger partial charge < -0.3 is 15.5 Å². The summed E-state index contributed by atoms with van der Waals surface area (Å²) in [5.41, 5.74) is 6.44. The third kappa shape index (κ3) is 1.85. The van der Waals surface area contributed by atoms with E-state index in [2.05, 4.69) is 0 Å². The van der Waals surface area contributed by atoms with E-state index in [1.807, 2.05) is 0 Å². The number of rotatable bonds is 1. The van der Waals surface area contributed by atoms with Crippen LogP contribution in [-0.4, -0.2) is 9.79 Å². The Bertz CT molecular complexity index is 345. The molecule has 0 bridgehead atoms. The van der Waals surface area contributed by atoms with Crippen LogP contribution in [0.4, 0.5) is 5.69 Å². The fourth-order valence-electron chi connectivity index (χ4n) is 1.01. The maximum Gasteiger partial charge on any atom is 0.356 e. The van der Waals surface area contributed by atoms with E-state index in [9.17, 15) is 4.57 Å². The van der Waals surface area contributed by atoms with E-state index in [0.717, 1.165) is 0 Å². The molecule has 0 aliphatic rings. The molecule has 0 aliphatic heterocycles. The Labute approximate surface area is 70.2 Å². The highest BCUT2D eigenvalue weighted by Crippen LogP contribution is 2.34. The molecule has 1 aromatic rings. The fourth-order valence-corrected chi connectivity index (χ4v) is 1.80. The minimum absolute atomic E-state index is 0.0386. The highest BCUT2D eigenvalue weighted by Gasteiger charge is 2.18. The number of nitrogens with two attached hydrogens (primary N) is 1. The molecule has 5 heteroatoms. The fraction of sp³-hybridized carbons (Fsp3) is 0.143. The zero-order valence-corrected chi connectivity index (χ0v) is 7.45. The lowest BCUT2D eigenvalue weighted by atomic mass is 10.2. The molecular weight excluding hydrogens is 177 g/mol. The summed E-state index contributed by atoms with van der Waals surface area (Å²) in [4.78, 5) is 17.7. The maximum atomic E-state index is 10.8. The van der Waals surface area contributed by atoms with Crippen LogP contribution < -0.4 is 11.0 Å². The van der Waals surface area contributed by atoms with Crippen LogP contribution in [-0.2, 0) is 4.57 Å². The first-order valence-electron chi connectivity index (χ1n) is 3.33. The van der Waals surface area contributed by atoms with Gasteiger partial charge >= 0.3 is 7.60 Å². The molecule has 0 spiro atoms. The quantitative estimate of drug-likeness (QED) is 0.438. The Morgan fingerprint density at radius 2 is 2.00 bits per heavy atom. The SMILES string of the molecule is Cc1cc(N)ccc1P(=O)(O)O. The summed E-state index contributed by atoms with van der Waals surface area (Å²) < 4.78 is 10.8. The zero-order valence-electron chi connectivity index (χ0n) is 6.56. The summed E-state index contributed by atoms with van der Waals surface area (Å²) in [5, 5.41) is 0.0386. The Morgan fingerprint density at radius 1 is 1.42 bits per heavy atom. The number of hydrogen-bond acceptors (Lipinski definition) is 2. The van der Waals surface area contributed by atoms with E-state index in [4.69, 9.17) is 15.5 Å². The van der Waals surface area contributed by atoms with Gasteiger partial charge in [-0.1, -0.05) is 0 Å². The van der Waals surface area contributed by atoms with Gasteiger partial charge in [-0.15, -0.1) is 0 Å². The van der Waals surface area contributed by atoms with Crippen LogP contribution in [0, 0.1) is 6.92 Å². The van der Waals surface area contributed by atoms with Crippen molar-refractivity contribution in [1.82, 2.24) is 0 Å². The van der Waals surface area contributed by atoms with Crippen LogP contribution in [0.15, 0.2) is 18.2 Å². The van der Waals surface area contributed by atoms with E-state index in [-0.39, 0.29) is 5.30 Å². The summed E-state index contributed by atoms with van der Waals surface area (Å²) in [6.07, 6.45) is 0. The molecule has 0 aromatic heterocycles. The first kappa shape index (κ1) is 9.26. The van der Waals surface area contributed by atoms with Gasteiger partial charge in [0.2, 0.25) is 0 Å². The van der Waals surface area contributed by atoms with Gasteiger partial charge in [0.05, 0.1) is 5.30 Å². The van der Waals surface area contributed by atoms with Crippen molar-refractivity contribution in [2.45, 2.75) is 6.92 Å². The van der Waals surface area contributed by atoms with Crippen LogP contribution in [0.5, 0.6) is 0 Å². The number of benzene rings is 1. The van der Waals surface area contributed by atoms with Gasteiger partial charge in [-0.3, -0.25) is 4.57 Å². The lowest BCUT2D eigenvalue weighted by Crippen LogP contribution is -2.08. The molecule has 0 aliphatic carbocycles. The Kier molecular flexibility index (Phi) is 2.24. The lowest BCUT2D eigenvalue weighted by molar-refractivity contribution is 0.387. The summed E-state index contributed by atoms with van der Waals surface area (Å²) in [7, 11) is -4.13. The van der Waals surface area contributed by atoms with Crippen LogP contribution >= 0.6 is 7.60 Å². The minimum atomic E-state index is -4.13. The first-order chi connectivity index (χ1) is 5.41. The van der Waals surface area contributed by atoms with Gasteiger partial charge in [-0.05, 0) is 30.7 Å². The molecular formula is C7H10NO3P. The minimum Gasteiger partial charge on any atom is -0.399 e. The lowest BCUT2D eigenvalue weighted by Gasteiger charge is -2.07. The van der Waals surface area contributed by atoms with E-state index in [1.54, 1.807) is 6.92 Å². The number of aryl methyl sites for hydroxylation is 1. The monoisotopic (exact) mass is 187 g/mol. The molecule has 66 valence electrons. The van der Waals surface area contributed by atoms with Crippen molar-refractivity contribution < 1.29 is 14.4 Å². The summed E-state index contributed by atoms with van der Waals surface area (Å²) in [6, 6.07) is 4.36. The maximum absolute atomic E-state index is 10.8. The van der Waals surface area contributed by atoms with E-state index >= 15 is 0 Å². The van der Waals surface area contributed by atoms with Crippen LogP contribution in [0.2, 0.25) is 0 Å². The molecule has 0 heterocycles. The predicted molar refractivity (Wildman–Crippen MR) is 47.3 cm³/mol. The average Bonchev–Trinajstić information content (AvgIpc) is 1.83. The largest absolute Gasteiger partial charge is 0.399 e. The second-order valence-electron chi connectivity index (χ2n) is 2.59. The van der Waals surface area contributed by atoms with Gasteiger partial charge in [0, 0.05) is 5.69 Å². The molecule has 0 saturated carbocycles. The molecule has 4 N–H and O–H groups in total. The van der Waals surface area contributed by atoms with Gasteiger partial charge in [0.15, 0.2) is 0 Å². The van der Waals surface area contributed by atoms with Crippen molar-refractivity contribution in [3.8, 4) is 0 Å². The van der Waals surface area contributed by atoms with Crippen LogP contribution in [0.3, 0.4) is 0 Å². The van der Waals surface area contributed by atoms with Crippen molar-refractivity contribution in [2.75, 3.05) is 5.73 Å². The van der Waals surface area contributed by atoms with Crippen molar-refractivity contribution >= 4 is 18.6 Å². The molecule has 1 aromatic carbocycles. The molecule has 0 fully saturated rings. The summed E-state index contributed by atoms with van der Waals surface area (Å²) in [5.74, 6) is 0. The van der Waals surface area contributed by atoms with Crippen LogP contribution in [0.1, 0.15) is 5.56 Å². The molecule has 1 rings (SSSR count). The van der Waals surface area contributed by atoms with Crippen molar-refractivity contribution in [1.29, 1.82) is 0 Å². The highest BCUT2D eigenvalue weighted by molar-refractivity contribution is 7.60. The number of anilines is 1. The Hall–Kier alpha value is -0.830. The zero-order chi connectivity index (χ0) is 9.35. The van der Waals surface area contributed by atoms with Gasteiger partial charge in [-0.2, -0.15) is 0 Å². The summed E-state index contributed by atoms with van der Waals surface area (Å²) in [6.45, 7) is 1.62. The molecule has 4 nitrogen and oxygen atoms in total. The average molecular weight is 187 g/mol. The standard InChI is InChI=1S/C7H10NO3P/c1-5-4-6(8)2-3-7(5)12(9,10)11/h2-4H,8H2,1H3,(H2,9,10,11). The number of nitrogen functional groups attached to an aromatic ring is 1. The van der Waals surface area contributed by atoms with E-state index < -0.39 is 7.60 Å². The third-order valence-corrected chi connectivity index (χ3v) is 2.66. The van der Waals surface area contributed by atoms with E-state index in [1.165, 1.54) is 18.2 Å². The van der Waals surface area contributed by atoms with Gasteiger partial charge in [0.25, 0.3) is 0 Å². The van der Waals surface area contributed by atoms with Crippen LogP contribution in [0.25, 0.3) is 0 Å². The third-order valence-electron chi connectivity index (χ3n) is 1.53. The Balaban J connectivity index is 3.28. The number of hydrogen-bond donors (Lipinski definition) is 3. The van der Waals surface area contributed by atoms with Crippen molar-refractivity contribution in [3.63, 3.8) is 0 Å². The normalized spacial score (nSPS) is 11.6. The van der Waals surface area contributed by atoms with Crippen molar-refractivity contribution in [2.24, 2.45) is 0 Å². The molecule has 0 unspecified atom stereocenters. The molecule has 0 radical (unpaired) electrons. The van der Waals surface area contributed by atoms with Gasteiger partial charge in [-0.25, -0.2) is 0 Å². The highest BCUT2D eigenvalue weighted by atomic mass is 31.2. The first-order valence-corrected chi connectivity index (χ1v) is 4.95. The van der Waals surface area contributed by atoms with E-state index in [0.29, 0.717) is 11.3 Å². The topological polar surface area (TPSA) is 83.6 Å². The summed E-state index contributed by atoms with van der Waals surface area (Å²) >= 11 is 0. The Morgan fingerprint density at radius 3 is 2.42 bits per heavy atom. The molecule has 12 heavy (non-hydrogen) atoms. The molecule has 0 saturated heterocycles. The molecule has 0 atom stereocenters. The smallest absolute Gasteiger partial charge is 0.356 e. The predicted octanol–water partition coefficient (Wildman–Crippen LogP) is 0.380. The van der Waals surface area contributed by atoms with Crippen molar-refractivity contribution in [3.05, 3.63) is 23.8 Å². The second-order valence-corrected chi connectivity index (χ2v) is 4.16.